The van der Waals surface area contributed by atoms with Crippen LogP contribution in [0.25, 0.3) is 0 Å². The van der Waals surface area contributed by atoms with Crippen LogP contribution in [-0.2, 0) is 6.42 Å². The molecule has 19 heavy (non-hydrogen) atoms. The molecule has 2 amide bonds. The third kappa shape index (κ3) is 4.04. The SMILES string of the molecule is O=C(NCC(F)(F)F)Nc1ccc2c(c1)NCCC2. The molecular formula is C12H14F3N3O. The Morgan fingerprint density at radius 3 is 2.89 bits per heavy atom. The lowest BCUT2D eigenvalue weighted by Crippen LogP contribution is -2.36. The molecule has 1 aliphatic heterocycles. The monoisotopic (exact) mass is 273 g/mol. The predicted octanol–water partition coefficient (Wildman–Crippen LogP) is 2.73. The van der Waals surface area contributed by atoms with Crippen LogP contribution in [0.15, 0.2) is 18.2 Å². The summed E-state index contributed by atoms with van der Waals surface area (Å²) >= 11 is 0. The predicted molar refractivity (Wildman–Crippen MR) is 66.3 cm³/mol. The number of alkyl halides is 3. The van der Waals surface area contributed by atoms with Crippen molar-refractivity contribution in [1.82, 2.24) is 5.32 Å². The minimum atomic E-state index is -4.41. The third-order valence-corrected chi connectivity index (χ3v) is 2.76. The Balaban J connectivity index is 1.94. The zero-order valence-electron chi connectivity index (χ0n) is 10.1. The van der Waals surface area contributed by atoms with Crippen molar-refractivity contribution in [2.45, 2.75) is 19.0 Å². The van der Waals surface area contributed by atoms with E-state index in [1.54, 1.807) is 17.4 Å². The Morgan fingerprint density at radius 1 is 1.37 bits per heavy atom. The van der Waals surface area contributed by atoms with Crippen molar-refractivity contribution in [2.24, 2.45) is 0 Å². The van der Waals surface area contributed by atoms with Crippen LogP contribution in [0.1, 0.15) is 12.0 Å². The summed E-state index contributed by atoms with van der Waals surface area (Å²) in [5, 5.41) is 7.31. The van der Waals surface area contributed by atoms with Gasteiger partial charge in [-0.2, -0.15) is 13.2 Å². The molecule has 0 radical (unpaired) electrons. The standard InChI is InChI=1S/C12H14F3N3O/c13-12(14,15)7-17-11(19)18-9-4-3-8-2-1-5-16-10(8)6-9/h3-4,6,16H,1-2,5,7H2,(H2,17,18,19). The molecule has 0 unspecified atom stereocenters. The molecule has 1 aromatic rings. The van der Waals surface area contributed by atoms with Gasteiger partial charge in [-0.15, -0.1) is 0 Å². The molecule has 0 aliphatic carbocycles. The Kier molecular flexibility index (Phi) is 3.82. The summed E-state index contributed by atoms with van der Waals surface area (Å²) in [7, 11) is 0. The molecule has 7 heteroatoms. The van der Waals surface area contributed by atoms with Gasteiger partial charge in [-0.1, -0.05) is 6.07 Å². The normalized spacial score (nSPS) is 14.3. The summed E-state index contributed by atoms with van der Waals surface area (Å²) in [6, 6.07) is 4.40. The van der Waals surface area contributed by atoms with E-state index < -0.39 is 18.8 Å². The van der Waals surface area contributed by atoms with Crippen molar-refractivity contribution in [3.63, 3.8) is 0 Å². The molecule has 3 N–H and O–H groups in total. The van der Waals surface area contributed by atoms with Gasteiger partial charge >= 0.3 is 12.2 Å². The van der Waals surface area contributed by atoms with Gasteiger partial charge in [-0.25, -0.2) is 4.79 Å². The number of anilines is 2. The molecule has 0 aromatic heterocycles. The first-order valence-electron chi connectivity index (χ1n) is 5.92. The molecule has 0 saturated heterocycles. The van der Waals surface area contributed by atoms with Crippen LogP contribution in [0.5, 0.6) is 0 Å². The highest BCUT2D eigenvalue weighted by atomic mass is 19.4. The maximum atomic E-state index is 11.9. The minimum Gasteiger partial charge on any atom is -0.385 e. The summed E-state index contributed by atoms with van der Waals surface area (Å²) in [4.78, 5) is 11.3. The number of hydrogen-bond acceptors (Lipinski definition) is 2. The summed E-state index contributed by atoms with van der Waals surface area (Å²) in [5.74, 6) is 0. The van der Waals surface area contributed by atoms with E-state index in [2.05, 4.69) is 10.6 Å². The van der Waals surface area contributed by atoms with Crippen molar-refractivity contribution in [3.05, 3.63) is 23.8 Å². The number of halogens is 3. The van der Waals surface area contributed by atoms with Crippen LogP contribution in [-0.4, -0.2) is 25.3 Å². The van der Waals surface area contributed by atoms with Crippen LogP contribution >= 0.6 is 0 Å². The zero-order chi connectivity index (χ0) is 13.9. The molecule has 0 saturated carbocycles. The Morgan fingerprint density at radius 2 is 2.16 bits per heavy atom. The maximum Gasteiger partial charge on any atom is 0.405 e. The largest absolute Gasteiger partial charge is 0.405 e. The molecule has 0 atom stereocenters. The molecule has 1 aliphatic rings. The molecule has 104 valence electrons. The summed E-state index contributed by atoms with van der Waals surface area (Å²) in [6.45, 7) is -0.487. The second-order valence-corrected chi connectivity index (χ2v) is 4.33. The lowest BCUT2D eigenvalue weighted by Gasteiger charge is -2.19. The van der Waals surface area contributed by atoms with Crippen LogP contribution in [0, 0.1) is 0 Å². The van der Waals surface area contributed by atoms with Crippen molar-refractivity contribution < 1.29 is 18.0 Å². The first-order valence-corrected chi connectivity index (χ1v) is 5.92. The highest BCUT2D eigenvalue weighted by Crippen LogP contribution is 2.25. The Labute approximate surface area is 108 Å². The quantitative estimate of drug-likeness (QED) is 0.776. The van der Waals surface area contributed by atoms with E-state index in [9.17, 15) is 18.0 Å². The lowest BCUT2D eigenvalue weighted by atomic mass is 10.0. The van der Waals surface area contributed by atoms with Crippen molar-refractivity contribution in [1.29, 1.82) is 0 Å². The molecule has 2 rings (SSSR count). The number of amides is 2. The number of fused-ring (bicyclic) bond motifs is 1. The van der Waals surface area contributed by atoms with E-state index >= 15 is 0 Å². The van der Waals surface area contributed by atoms with E-state index in [0.717, 1.165) is 30.6 Å². The molecule has 0 spiro atoms. The lowest BCUT2D eigenvalue weighted by molar-refractivity contribution is -0.122. The maximum absolute atomic E-state index is 11.9. The Bertz CT molecular complexity index is 474. The topological polar surface area (TPSA) is 53.2 Å². The number of aryl methyl sites for hydroxylation is 1. The minimum absolute atomic E-state index is 0.466. The Hall–Kier alpha value is -1.92. The van der Waals surface area contributed by atoms with E-state index in [0.29, 0.717) is 5.69 Å². The van der Waals surface area contributed by atoms with Crippen molar-refractivity contribution in [3.8, 4) is 0 Å². The molecule has 1 aromatic carbocycles. The van der Waals surface area contributed by atoms with Gasteiger partial charge in [-0.3, -0.25) is 0 Å². The van der Waals surface area contributed by atoms with Crippen LogP contribution < -0.4 is 16.0 Å². The fourth-order valence-corrected chi connectivity index (χ4v) is 1.89. The summed E-state index contributed by atoms with van der Waals surface area (Å²) in [6.07, 6.45) is -2.40. The van der Waals surface area contributed by atoms with Gasteiger partial charge < -0.3 is 16.0 Å². The van der Waals surface area contributed by atoms with Crippen LogP contribution in [0.3, 0.4) is 0 Å². The fourth-order valence-electron chi connectivity index (χ4n) is 1.89. The van der Waals surface area contributed by atoms with Gasteiger partial charge in [0.05, 0.1) is 0 Å². The second kappa shape index (κ2) is 5.38. The fraction of sp³-hybridized carbons (Fsp3) is 0.417. The van der Waals surface area contributed by atoms with Crippen molar-refractivity contribution in [2.75, 3.05) is 23.7 Å². The summed E-state index contributed by atoms with van der Waals surface area (Å²) < 4.78 is 35.8. The van der Waals surface area contributed by atoms with Crippen LogP contribution in [0.2, 0.25) is 0 Å². The van der Waals surface area contributed by atoms with E-state index in [1.807, 2.05) is 6.07 Å². The van der Waals surface area contributed by atoms with Gasteiger partial charge in [0, 0.05) is 17.9 Å². The van der Waals surface area contributed by atoms with Gasteiger partial charge in [0.2, 0.25) is 0 Å². The number of nitrogens with one attached hydrogen (secondary N) is 3. The molecule has 0 bridgehead atoms. The molecular weight excluding hydrogens is 259 g/mol. The molecule has 1 heterocycles. The van der Waals surface area contributed by atoms with Crippen molar-refractivity contribution >= 4 is 17.4 Å². The van der Waals surface area contributed by atoms with Gasteiger partial charge in [0.25, 0.3) is 0 Å². The van der Waals surface area contributed by atoms with Gasteiger partial charge in [0.15, 0.2) is 0 Å². The molecule has 0 fully saturated rings. The average Bonchev–Trinajstić information content (AvgIpc) is 2.35. The smallest absolute Gasteiger partial charge is 0.385 e. The first kappa shape index (κ1) is 13.5. The number of benzene rings is 1. The summed E-state index contributed by atoms with van der Waals surface area (Å²) in [5.41, 5.74) is 2.53. The first-order chi connectivity index (χ1) is 8.94. The second-order valence-electron chi connectivity index (χ2n) is 4.33. The van der Waals surface area contributed by atoms with E-state index in [-0.39, 0.29) is 0 Å². The van der Waals surface area contributed by atoms with E-state index in [1.165, 1.54) is 0 Å². The van der Waals surface area contributed by atoms with E-state index in [4.69, 9.17) is 0 Å². The van der Waals surface area contributed by atoms with Crippen LogP contribution in [0.4, 0.5) is 29.3 Å². The third-order valence-electron chi connectivity index (χ3n) is 2.76. The number of carbonyl (C=O) groups excluding carboxylic acids is 1. The number of carbonyl (C=O) groups is 1. The van der Waals surface area contributed by atoms with Gasteiger partial charge in [-0.05, 0) is 30.5 Å². The number of urea groups is 1. The highest BCUT2D eigenvalue weighted by molar-refractivity contribution is 5.90. The number of rotatable bonds is 2. The number of hydrogen-bond donors (Lipinski definition) is 3. The molecule has 4 nitrogen and oxygen atoms in total. The highest BCUT2D eigenvalue weighted by Gasteiger charge is 2.27. The average molecular weight is 273 g/mol. The van der Waals surface area contributed by atoms with Gasteiger partial charge in [0.1, 0.15) is 6.54 Å². The zero-order valence-corrected chi connectivity index (χ0v) is 10.1.